The van der Waals surface area contributed by atoms with E-state index < -0.39 is 34.7 Å². The Labute approximate surface area is 254 Å². The Hall–Kier alpha value is -3.41. The molecule has 0 bridgehead atoms. The van der Waals surface area contributed by atoms with Crippen molar-refractivity contribution in [2.45, 2.75) is 31.0 Å². The van der Waals surface area contributed by atoms with Gasteiger partial charge >= 0.3 is 0 Å². The highest BCUT2D eigenvalue weighted by Crippen LogP contribution is 2.52. The molecule has 1 saturated carbocycles. The molecule has 4 aromatic rings. The number of primary amides is 1. The van der Waals surface area contributed by atoms with E-state index in [-0.39, 0.29) is 30.9 Å². The lowest BCUT2D eigenvalue weighted by atomic mass is 9.88. The number of nitrogens with two attached hydrogens (primary N) is 1. The summed E-state index contributed by atoms with van der Waals surface area (Å²) in [4.78, 5) is 36.7. The summed E-state index contributed by atoms with van der Waals surface area (Å²) in [6, 6.07) is 12.8. The van der Waals surface area contributed by atoms with Gasteiger partial charge in [-0.3, -0.25) is 19.5 Å². The number of ether oxygens (including phenoxy) is 1. The smallest absolute Gasteiger partial charge is 0.257 e. The minimum atomic E-state index is -1.79. The lowest BCUT2D eigenvalue weighted by Crippen LogP contribution is -2.48. The fourth-order valence-electron chi connectivity index (χ4n) is 5.44. The Morgan fingerprint density at radius 1 is 1.14 bits per heavy atom. The van der Waals surface area contributed by atoms with E-state index in [9.17, 15) is 14.7 Å². The highest BCUT2D eigenvalue weighted by atomic mass is 35.5. The average molecular weight is 628 g/mol. The van der Waals surface area contributed by atoms with Crippen LogP contribution in [0.2, 0.25) is 10.0 Å². The van der Waals surface area contributed by atoms with Crippen molar-refractivity contribution in [3.05, 3.63) is 115 Å². The molecule has 1 unspecified atom stereocenters. The molecule has 2 aliphatic rings. The van der Waals surface area contributed by atoms with Crippen LogP contribution in [-0.2, 0) is 21.8 Å². The summed E-state index contributed by atoms with van der Waals surface area (Å²) < 4.78 is 23.2. The molecule has 1 aliphatic carbocycles. The number of benzene rings is 2. The second-order valence-electron chi connectivity index (χ2n) is 10.5. The van der Waals surface area contributed by atoms with Gasteiger partial charge in [-0.25, -0.2) is 9.37 Å². The van der Waals surface area contributed by atoms with Gasteiger partial charge < -0.3 is 15.6 Å². The first-order valence-corrected chi connectivity index (χ1v) is 14.8. The molecule has 3 N–H and O–H groups in total. The number of aliphatic hydroxyl groups is 1. The summed E-state index contributed by atoms with van der Waals surface area (Å²) in [5.74, 6) is -2.40. The van der Waals surface area contributed by atoms with Gasteiger partial charge in [0.2, 0.25) is 5.91 Å². The number of halogens is 3. The first kappa shape index (κ1) is 28.7. The monoisotopic (exact) mass is 626 g/mol. The number of carbonyl (C=O) groups is 2. The van der Waals surface area contributed by atoms with E-state index in [1.807, 2.05) is 0 Å². The third kappa shape index (κ3) is 4.87. The van der Waals surface area contributed by atoms with Gasteiger partial charge in [0.05, 0.1) is 64.1 Å². The fraction of sp³-hybridized carbons (Fsp3) is 0.267. The number of aromatic nitrogens is 2. The summed E-state index contributed by atoms with van der Waals surface area (Å²) in [5, 5.41) is 12.8. The van der Waals surface area contributed by atoms with Crippen LogP contribution in [0, 0.1) is 11.2 Å². The van der Waals surface area contributed by atoms with Crippen molar-refractivity contribution in [1.82, 2.24) is 14.9 Å². The maximum absolute atomic E-state index is 16.6. The van der Waals surface area contributed by atoms with Crippen molar-refractivity contribution >= 4 is 46.4 Å². The van der Waals surface area contributed by atoms with E-state index in [4.69, 9.17) is 33.7 Å². The van der Waals surface area contributed by atoms with Crippen molar-refractivity contribution < 1.29 is 23.8 Å². The molecule has 2 aromatic carbocycles. The second kappa shape index (κ2) is 11.0. The van der Waals surface area contributed by atoms with Gasteiger partial charge in [-0.2, -0.15) is 0 Å². The molecule has 216 valence electrons. The Bertz CT molecular complexity index is 1650. The zero-order chi connectivity index (χ0) is 29.6. The van der Waals surface area contributed by atoms with E-state index in [0.29, 0.717) is 45.4 Å². The maximum atomic E-state index is 16.6. The van der Waals surface area contributed by atoms with E-state index >= 15 is 4.39 Å². The van der Waals surface area contributed by atoms with Crippen LogP contribution < -0.4 is 5.73 Å². The van der Waals surface area contributed by atoms with E-state index in [2.05, 4.69) is 9.97 Å². The van der Waals surface area contributed by atoms with Gasteiger partial charge in [0.25, 0.3) is 5.91 Å². The molecular weight excluding hydrogens is 602 g/mol. The first-order valence-electron chi connectivity index (χ1n) is 13.1. The topological polar surface area (TPSA) is 119 Å². The van der Waals surface area contributed by atoms with Crippen LogP contribution in [0.15, 0.2) is 65.6 Å². The number of thiazole rings is 1. The van der Waals surface area contributed by atoms with Crippen LogP contribution in [0.25, 0.3) is 0 Å². The zero-order valence-electron chi connectivity index (χ0n) is 22.1. The Balaban J connectivity index is 1.56. The van der Waals surface area contributed by atoms with Crippen molar-refractivity contribution in [2.24, 2.45) is 11.1 Å². The molecule has 0 radical (unpaired) electrons. The molecule has 3 heterocycles. The first-order chi connectivity index (χ1) is 20.2. The van der Waals surface area contributed by atoms with Crippen LogP contribution in [0.3, 0.4) is 0 Å². The number of aliphatic hydroxyl groups excluding tert-OH is 1. The third-order valence-corrected chi connectivity index (χ3v) is 9.06. The van der Waals surface area contributed by atoms with E-state index in [0.717, 1.165) is 0 Å². The predicted octanol–water partition coefficient (Wildman–Crippen LogP) is 5.25. The number of pyridine rings is 1. The molecular formula is C30H25Cl2FN4O4S. The Morgan fingerprint density at radius 3 is 2.48 bits per heavy atom. The lowest BCUT2D eigenvalue weighted by molar-refractivity contribution is -0.142. The van der Waals surface area contributed by atoms with Crippen molar-refractivity contribution in [2.75, 3.05) is 13.2 Å². The van der Waals surface area contributed by atoms with Crippen molar-refractivity contribution in [3.63, 3.8) is 0 Å². The Morgan fingerprint density at radius 2 is 1.88 bits per heavy atom. The van der Waals surface area contributed by atoms with Gasteiger partial charge in [-0.15, -0.1) is 11.3 Å². The number of amides is 2. The van der Waals surface area contributed by atoms with Crippen LogP contribution in [0.1, 0.15) is 57.2 Å². The molecule has 1 aliphatic heterocycles. The Kier molecular flexibility index (Phi) is 7.53. The fourth-order valence-corrected chi connectivity index (χ4v) is 6.28. The van der Waals surface area contributed by atoms with Crippen molar-refractivity contribution in [3.8, 4) is 0 Å². The summed E-state index contributed by atoms with van der Waals surface area (Å²) in [6.45, 7) is -0.544. The van der Waals surface area contributed by atoms with Crippen LogP contribution in [0.5, 0.6) is 0 Å². The molecule has 0 spiro atoms. The minimum Gasteiger partial charge on any atom is -0.395 e. The summed E-state index contributed by atoms with van der Waals surface area (Å²) in [6.07, 6.45) is 2.50. The molecule has 2 aromatic heterocycles. The van der Waals surface area contributed by atoms with E-state index in [1.165, 1.54) is 28.5 Å². The molecule has 8 nitrogen and oxygen atoms in total. The number of carbonyl (C=O) groups excluding carboxylic acids is 2. The molecule has 1 fully saturated rings. The van der Waals surface area contributed by atoms with Crippen LogP contribution in [-0.4, -0.2) is 45.0 Å². The largest absolute Gasteiger partial charge is 0.395 e. The van der Waals surface area contributed by atoms with Gasteiger partial charge in [0.15, 0.2) is 5.72 Å². The van der Waals surface area contributed by atoms with E-state index in [1.54, 1.807) is 53.4 Å². The number of nitrogens with zero attached hydrogens (tertiary/aromatic N) is 3. The molecule has 6 rings (SSSR count). The molecule has 12 heteroatoms. The van der Waals surface area contributed by atoms with Gasteiger partial charge in [-0.1, -0.05) is 35.3 Å². The summed E-state index contributed by atoms with van der Waals surface area (Å²) >= 11 is 13.6. The standard InChI is InChI=1S/C30H25Cl2FN4O4S/c31-19-3-1-18(2-4-19)30(41-15-29(7-8-29)28(34)40)26-22(27(39)37(30)12-21-6-5-20(32)11-35-21)9-17(10-24(26)33)23(13-38)25-14-42-16-36-25/h1-6,9-11,14,16,23,38H,7-8,12-13,15H2,(H2,34,40)/t23?,30-/m1/s1. The van der Waals surface area contributed by atoms with Crippen LogP contribution >= 0.6 is 34.5 Å². The highest BCUT2D eigenvalue weighted by molar-refractivity contribution is 7.07. The summed E-state index contributed by atoms with van der Waals surface area (Å²) in [7, 11) is 0. The van der Waals surface area contributed by atoms with Gasteiger partial charge in [0.1, 0.15) is 5.82 Å². The average Bonchev–Trinajstić information content (AvgIpc) is 3.52. The van der Waals surface area contributed by atoms with Gasteiger partial charge in [0, 0.05) is 22.2 Å². The SMILES string of the molecule is NC(=O)C1(CO[C@]2(c3ccc(Cl)cc3)c3c(F)cc(C(CO)c4cscn4)cc3C(=O)N2Cc2ccc(Cl)cn2)CC1. The molecule has 2 amide bonds. The van der Waals surface area contributed by atoms with Gasteiger partial charge in [-0.05, 0) is 54.8 Å². The summed E-state index contributed by atoms with van der Waals surface area (Å²) in [5.41, 5.74) is 6.54. The minimum absolute atomic E-state index is 0.0113. The molecule has 2 atom stereocenters. The second-order valence-corrected chi connectivity index (χ2v) is 12.1. The number of fused-ring (bicyclic) bond motifs is 1. The normalized spacial score (nSPS) is 19.5. The number of hydrogen-bond acceptors (Lipinski definition) is 7. The third-order valence-electron chi connectivity index (χ3n) is 7.98. The quantitative estimate of drug-likeness (QED) is 0.248. The molecule has 42 heavy (non-hydrogen) atoms. The lowest BCUT2D eigenvalue weighted by Gasteiger charge is -2.40. The predicted molar refractivity (Wildman–Crippen MR) is 156 cm³/mol. The highest BCUT2D eigenvalue weighted by Gasteiger charge is 2.58. The zero-order valence-corrected chi connectivity index (χ0v) is 24.4. The maximum Gasteiger partial charge on any atom is 0.257 e. The van der Waals surface area contributed by atoms with Crippen LogP contribution in [0.4, 0.5) is 4.39 Å². The molecule has 0 saturated heterocycles. The number of hydrogen-bond donors (Lipinski definition) is 2. The van der Waals surface area contributed by atoms with Crippen molar-refractivity contribution in [1.29, 1.82) is 0 Å². The number of rotatable bonds is 10.